The Hall–Kier alpha value is -3.07. The zero-order valence-corrected chi connectivity index (χ0v) is 18.0. The first-order chi connectivity index (χ1) is 14.3. The number of thiazole rings is 1. The molecule has 0 aliphatic carbocycles. The average molecular weight is 425 g/mol. The van der Waals surface area contributed by atoms with E-state index in [2.05, 4.69) is 25.3 Å². The lowest BCUT2D eigenvalue weighted by Crippen LogP contribution is -2.41. The van der Waals surface area contributed by atoms with Crippen molar-refractivity contribution in [2.75, 3.05) is 11.9 Å². The molecule has 9 heteroatoms. The lowest BCUT2D eigenvalue weighted by atomic mass is 9.96. The molecule has 2 N–H and O–H groups in total. The summed E-state index contributed by atoms with van der Waals surface area (Å²) < 4.78 is 0. The molecule has 0 saturated heterocycles. The third kappa shape index (κ3) is 4.11. The maximum atomic E-state index is 13.2. The SMILES string of the molecule is CC(C)(C)C(=O)Nc1nc(CC(=O)N2CCc3[nH]cnc3C2c2cccnc2)cs1. The van der Waals surface area contributed by atoms with Crippen LogP contribution >= 0.6 is 11.3 Å². The van der Waals surface area contributed by atoms with Gasteiger partial charge in [-0.15, -0.1) is 11.3 Å². The third-order valence-corrected chi connectivity index (χ3v) is 5.84. The smallest absolute Gasteiger partial charge is 0.231 e. The van der Waals surface area contributed by atoms with Gasteiger partial charge in [-0.1, -0.05) is 26.8 Å². The van der Waals surface area contributed by atoms with Crippen molar-refractivity contribution in [3.05, 3.63) is 58.9 Å². The van der Waals surface area contributed by atoms with Crippen LogP contribution in [0.2, 0.25) is 0 Å². The number of nitrogens with one attached hydrogen (secondary N) is 2. The maximum Gasteiger partial charge on any atom is 0.231 e. The van der Waals surface area contributed by atoms with Crippen molar-refractivity contribution in [3.63, 3.8) is 0 Å². The highest BCUT2D eigenvalue weighted by Gasteiger charge is 2.34. The highest BCUT2D eigenvalue weighted by atomic mass is 32.1. The number of hydrogen-bond donors (Lipinski definition) is 2. The van der Waals surface area contributed by atoms with Gasteiger partial charge in [0.2, 0.25) is 11.8 Å². The van der Waals surface area contributed by atoms with Crippen molar-refractivity contribution in [1.82, 2.24) is 24.8 Å². The number of fused-ring (bicyclic) bond motifs is 1. The van der Waals surface area contributed by atoms with E-state index in [0.29, 0.717) is 17.4 Å². The topological polar surface area (TPSA) is 104 Å². The van der Waals surface area contributed by atoms with E-state index < -0.39 is 5.41 Å². The Labute approximate surface area is 178 Å². The maximum absolute atomic E-state index is 13.2. The molecule has 1 unspecified atom stereocenters. The number of amides is 2. The lowest BCUT2D eigenvalue weighted by molar-refractivity contribution is -0.132. The monoisotopic (exact) mass is 424 g/mol. The minimum absolute atomic E-state index is 0.0310. The second-order valence-corrected chi connectivity index (χ2v) is 9.18. The standard InChI is InChI=1S/C21H24N6O2S/c1-21(2,3)19(29)26-20-25-14(11-30-20)9-16(28)27-8-6-15-17(24-12-23-15)18(27)13-5-4-7-22-10-13/h4-5,7,10-12,18H,6,8-9H2,1-3H3,(H,23,24)(H,25,26,29). The lowest BCUT2D eigenvalue weighted by Gasteiger charge is -2.35. The molecule has 0 bridgehead atoms. The summed E-state index contributed by atoms with van der Waals surface area (Å²) in [5.41, 5.74) is 2.98. The fourth-order valence-corrected chi connectivity index (χ4v) is 4.11. The summed E-state index contributed by atoms with van der Waals surface area (Å²) in [7, 11) is 0. The molecule has 0 aromatic carbocycles. The summed E-state index contributed by atoms with van der Waals surface area (Å²) >= 11 is 1.33. The van der Waals surface area contributed by atoms with Crippen LogP contribution in [0.5, 0.6) is 0 Å². The molecule has 156 valence electrons. The van der Waals surface area contributed by atoms with E-state index in [1.54, 1.807) is 18.7 Å². The van der Waals surface area contributed by atoms with Gasteiger partial charge in [0.1, 0.15) is 6.04 Å². The average Bonchev–Trinajstić information content (AvgIpc) is 3.36. The Morgan fingerprint density at radius 3 is 2.93 bits per heavy atom. The van der Waals surface area contributed by atoms with Gasteiger partial charge >= 0.3 is 0 Å². The molecule has 2 amide bonds. The van der Waals surface area contributed by atoms with Gasteiger partial charge in [0.25, 0.3) is 0 Å². The van der Waals surface area contributed by atoms with E-state index in [4.69, 9.17) is 0 Å². The number of carbonyl (C=O) groups excluding carboxylic acids is 2. The van der Waals surface area contributed by atoms with Crippen LogP contribution in [-0.4, -0.2) is 43.2 Å². The Balaban J connectivity index is 1.52. The molecule has 4 rings (SSSR count). The van der Waals surface area contributed by atoms with E-state index in [9.17, 15) is 9.59 Å². The first-order valence-electron chi connectivity index (χ1n) is 9.80. The number of H-pyrrole nitrogens is 1. The van der Waals surface area contributed by atoms with Crippen LogP contribution in [0.3, 0.4) is 0 Å². The van der Waals surface area contributed by atoms with Gasteiger partial charge in [0, 0.05) is 41.8 Å². The highest BCUT2D eigenvalue weighted by molar-refractivity contribution is 7.13. The normalized spacial score (nSPS) is 16.2. The molecule has 30 heavy (non-hydrogen) atoms. The van der Waals surface area contributed by atoms with Gasteiger partial charge in [-0.05, 0) is 11.6 Å². The van der Waals surface area contributed by atoms with Gasteiger partial charge in [-0.25, -0.2) is 9.97 Å². The Kier molecular flexibility index (Phi) is 5.38. The van der Waals surface area contributed by atoms with Gasteiger partial charge in [0.15, 0.2) is 5.13 Å². The summed E-state index contributed by atoms with van der Waals surface area (Å²) in [5.74, 6) is -0.134. The van der Waals surface area contributed by atoms with Crippen LogP contribution in [0.15, 0.2) is 36.2 Å². The molecule has 3 aromatic heterocycles. The van der Waals surface area contributed by atoms with E-state index >= 15 is 0 Å². The Morgan fingerprint density at radius 2 is 2.20 bits per heavy atom. The first kappa shape index (κ1) is 20.2. The van der Waals surface area contributed by atoms with Crippen LogP contribution < -0.4 is 5.32 Å². The molecular formula is C21H24N6O2S. The zero-order chi connectivity index (χ0) is 21.3. The van der Waals surface area contributed by atoms with Crippen LogP contribution in [-0.2, 0) is 22.4 Å². The summed E-state index contributed by atoms with van der Waals surface area (Å²) in [4.78, 5) is 43.5. The van der Waals surface area contributed by atoms with Crippen molar-refractivity contribution in [2.45, 2.75) is 39.7 Å². The number of carbonyl (C=O) groups is 2. The molecule has 3 aromatic rings. The highest BCUT2D eigenvalue weighted by Crippen LogP contribution is 2.33. The molecule has 8 nitrogen and oxygen atoms in total. The summed E-state index contributed by atoms with van der Waals surface area (Å²) in [6.07, 6.45) is 6.05. The van der Waals surface area contributed by atoms with Crippen LogP contribution in [0, 0.1) is 5.41 Å². The number of rotatable bonds is 4. The van der Waals surface area contributed by atoms with E-state index in [-0.39, 0.29) is 24.3 Å². The molecule has 4 heterocycles. The number of pyridine rings is 1. The fraction of sp³-hybridized carbons (Fsp3) is 0.381. The molecule has 0 saturated carbocycles. The summed E-state index contributed by atoms with van der Waals surface area (Å²) in [6, 6.07) is 3.55. The van der Waals surface area contributed by atoms with Crippen molar-refractivity contribution in [1.29, 1.82) is 0 Å². The fourth-order valence-electron chi connectivity index (χ4n) is 3.41. The number of anilines is 1. The number of imidazole rings is 1. The Morgan fingerprint density at radius 1 is 1.37 bits per heavy atom. The van der Waals surface area contributed by atoms with Gasteiger partial charge in [-0.2, -0.15) is 0 Å². The number of aromatic amines is 1. The first-order valence-corrected chi connectivity index (χ1v) is 10.7. The zero-order valence-electron chi connectivity index (χ0n) is 17.2. The molecule has 1 aliphatic heterocycles. The predicted molar refractivity (Wildman–Crippen MR) is 114 cm³/mol. The van der Waals surface area contributed by atoms with E-state index in [1.807, 2.05) is 43.2 Å². The van der Waals surface area contributed by atoms with Crippen molar-refractivity contribution in [2.24, 2.45) is 5.41 Å². The van der Waals surface area contributed by atoms with Crippen molar-refractivity contribution >= 4 is 28.3 Å². The largest absolute Gasteiger partial charge is 0.348 e. The third-order valence-electron chi connectivity index (χ3n) is 5.03. The number of hydrogen-bond acceptors (Lipinski definition) is 6. The molecule has 0 radical (unpaired) electrons. The number of nitrogens with zero attached hydrogens (tertiary/aromatic N) is 4. The van der Waals surface area contributed by atoms with E-state index in [1.165, 1.54) is 11.3 Å². The number of aromatic nitrogens is 4. The second kappa shape index (κ2) is 7.98. The Bertz CT molecular complexity index is 1050. The van der Waals surface area contributed by atoms with Gasteiger partial charge < -0.3 is 15.2 Å². The van der Waals surface area contributed by atoms with Crippen LogP contribution in [0.1, 0.15) is 49.5 Å². The minimum Gasteiger partial charge on any atom is -0.348 e. The van der Waals surface area contributed by atoms with Gasteiger partial charge in [0.05, 0.1) is 24.1 Å². The second-order valence-electron chi connectivity index (χ2n) is 8.32. The van der Waals surface area contributed by atoms with E-state index in [0.717, 1.165) is 23.4 Å². The molecule has 1 atom stereocenters. The molecule has 0 fully saturated rings. The quantitative estimate of drug-likeness (QED) is 0.670. The predicted octanol–water partition coefficient (Wildman–Crippen LogP) is 2.96. The van der Waals surface area contributed by atoms with Crippen LogP contribution in [0.4, 0.5) is 5.13 Å². The summed E-state index contributed by atoms with van der Waals surface area (Å²) in [5, 5.41) is 5.15. The van der Waals surface area contributed by atoms with Crippen molar-refractivity contribution < 1.29 is 9.59 Å². The molecule has 1 aliphatic rings. The van der Waals surface area contributed by atoms with Crippen molar-refractivity contribution in [3.8, 4) is 0 Å². The van der Waals surface area contributed by atoms with Gasteiger partial charge in [-0.3, -0.25) is 14.6 Å². The molecular weight excluding hydrogens is 400 g/mol. The molecule has 0 spiro atoms. The minimum atomic E-state index is -0.506. The van der Waals surface area contributed by atoms with Crippen LogP contribution in [0.25, 0.3) is 0 Å². The summed E-state index contributed by atoms with van der Waals surface area (Å²) in [6.45, 7) is 6.13.